The molecule has 0 saturated carbocycles. The molecule has 2 aliphatic rings. The summed E-state index contributed by atoms with van der Waals surface area (Å²) in [6, 6.07) is 0. The van der Waals surface area contributed by atoms with E-state index in [-0.39, 0.29) is 13.2 Å². The van der Waals surface area contributed by atoms with Crippen LogP contribution in [0.3, 0.4) is 0 Å². The number of cyclic esters (lactones) is 4. The maximum absolute atomic E-state index is 10.7. The molecular weight excluding hydrogens is 180 g/mol. The Kier molecular flexibility index (Phi) is 1.58. The van der Waals surface area contributed by atoms with Crippen LogP contribution in [0.1, 0.15) is 6.92 Å². The Morgan fingerprint density at radius 2 is 2.08 bits per heavy atom. The number of carbonyl (C=O) groups is 2. The topological polar surface area (TPSA) is 71.1 Å². The average Bonchev–Trinajstić information content (AvgIpc) is 2.60. The third kappa shape index (κ3) is 1.28. The molecule has 6 heteroatoms. The van der Waals surface area contributed by atoms with Gasteiger partial charge in [-0.3, -0.25) is 0 Å². The maximum atomic E-state index is 10.7. The Labute approximate surface area is 73.7 Å². The van der Waals surface area contributed by atoms with E-state index in [0.717, 1.165) is 0 Å². The van der Waals surface area contributed by atoms with E-state index in [1.165, 1.54) is 0 Å². The van der Waals surface area contributed by atoms with Gasteiger partial charge in [0.2, 0.25) is 0 Å². The first-order chi connectivity index (χ1) is 6.10. The van der Waals surface area contributed by atoms with E-state index in [9.17, 15) is 9.59 Å². The lowest BCUT2D eigenvalue weighted by molar-refractivity contribution is -0.0262. The molecule has 2 fully saturated rings. The Morgan fingerprint density at radius 1 is 1.31 bits per heavy atom. The molecule has 0 aromatic carbocycles. The molecule has 13 heavy (non-hydrogen) atoms. The minimum absolute atomic E-state index is 0.0765. The van der Waals surface area contributed by atoms with E-state index in [4.69, 9.17) is 9.47 Å². The molecule has 0 aromatic rings. The largest absolute Gasteiger partial charge is 0.509 e. The molecule has 2 saturated heterocycles. The van der Waals surface area contributed by atoms with Crippen LogP contribution in [-0.2, 0) is 18.9 Å². The molecule has 2 unspecified atom stereocenters. The van der Waals surface area contributed by atoms with Gasteiger partial charge in [-0.1, -0.05) is 0 Å². The number of hydrogen-bond acceptors (Lipinski definition) is 6. The fraction of sp³-hybridized carbons (Fsp3) is 0.714. The lowest BCUT2D eigenvalue weighted by atomic mass is 10.0. The SMILES string of the molecule is CC1(C2COC(=O)O2)COC(=O)O1. The smallest absolute Gasteiger partial charge is 0.430 e. The van der Waals surface area contributed by atoms with Gasteiger partial charge in [-0.05, 0) is 6.92 Å². The Balaban J connectivity index is 2.07. The van der Waals surface area contributed by atoms with Crippen molar-refractivity contribution in [1.82, 2.24) is 0 Å². The van der Waals surface area contributed by atoms with Gasteiger partial charge >= 0.3 is 12.3 Å². The summed E-state index contributed by atoms with van der Waals surface area (Å²) in [6.07, 6.45) is -2.06. The third-order valence-electron chi connectivity index (χ3n) is 2.07. The summed E-state index contributed by atoms with van der Waals surface area (Å²) in [7, 11) is 0. The number of hydrogen-bond donors (Lipinski definition) is 0. The summed E-state index contributed by atoms with van der Waals surface area (Å²) >= 11 is 0. The van der Waals surface area contributed by atoms with Gasteiger partial charge in [0.25, 0.3) is 0 Å². The summed E-state index contributed by atoms with van der Waals surface area (Å²) in [5.74, 6) is 0. The third-order valence-corrected chi connectivity index (χ3v) is 2.07. The van der Waals surface area contributed by atoms with Crippen LogP contribution in [0.4, 0.5) is 9.59 Å². The molecule has 2 atom stereocenters. The fourth-order valence-electron chi connectivity index (χ4n) is 1.24. The van der Waals surface area contributed by atoms with Crippen molar-refractivity contribution in [1.29, 1.82) is 0 Å². The molecule has 72 valence electrons. The second-order valence-corrected chi connectivity index (χ2v) is 3.12. The van der Waals surface area contributed by atoms with Crippen LogP contribution in [0.15, 0.2) is 0 Å². The monoisotopic (exact) mass is 188 g/mol. The van der Waals surface area contributed by atoms with E-state index in [1.54, 1.807) is 6.92 Å². The van der Waals surface area contributed by atoms with Crippen molar-refractivity contribution in [2.24, 2.45) is 0 Å². The maximum Gasteiger partial charge on any atom is 0.509 e. The van der Waals surface area contributed by atoms with Crippen LogP contribution >= 0.6 is 0 Å². The van der Waals surface area contributed by atoms with Gasteiger partial charge in [-0.2, -0.15) is 0 Å². The highest BCUT2D eigenvalue weighted by atomic mass is 16.8. The van der Waals surface area contributed by atoms with Gasteiger partial charge in [-0.25, -0.2) is 9.59 Å². The Hall–Kier alpha value is -1.46. The first kappa shape index (κ1) is 8.15. The molecule has 0 radical (unpaired) electrons. The standard InChI is InChI=1S/C7H8O6/c1-7(3-11-6(9)13-7)4-2-10-5(8)12-4/h4H,2-3H2,1H3. The van der Waals surface area contributed by atoms with Crippen LogP contribution in [0, 0.1) is 0 Å². The second-order valence-electron chi connectivity index (χ2n) is 3.12. The summed E-state index contributed by atoms with van der Waals surface area (Å²) in [5.41, 5.74) is -0.913. The zero-order chi connectivity index (χ0) is 9.47. The van der Waals surface area contributed by atoms with Crippen LogP contribution in [-0.4, -0.2) is 37.2 Å². The van der Waals surface area contributed by atoms with E-state index < -0.39 is 24.0 Å². The summed E-state index contributed by atoms with van der Waals surface area (Å²) in [4.78, 5) is 21.3. The van der Waals surface area contributed by atoms with Crippen LogP contribution < -0.4 is 0 Å². The highest BCUT2D eigenvalue weighted by Crippen LogP contribution is 2.28. The van der Waals surface area contributed by atoms with Gasteiger partial charge in [-0.15, -0.1) is 0 Å². The predicted octanol–water partition coefficient (Wildman–Crippen LogP) is 0.447. The predicted molar refractivity (Wildman–Crippen MR) is 37.1 cm³/mol. The zero-order valence-corrected chi connectivity index (χ0v) is 6.94. The molecule has 6 nitrogen and oxygen atoms in total. The van der Waals surface area contributed by atoms with E-state index in [2.05, 4.69) is 9.47 Å². The molecule has 0 aliphatic carbocycles. The van der Waals surface area contributed by atoms with Gasteiger partial charge in [0.15, 0.2) is 11.7 Å². The van der Waals surface area contributed by atoms with Crippen LogP contribution in [0.5, 0.6) is 0 Å². The number of rotatable bonds is 1. The molecule has 2 aliphatic heterocycles. The second kappa shape index (κ2) is 2.51. The molecule has 0 aromatic heterocycles. The van der Waals surface area contributed by atoms with Gasteiger partial charge in [0.05, 0.1) is 0 Å². The zero-order valence-electron chi connectivity index (χ0n) is 6.94. The highest BCUT2D eigenvalue weighted by molar-refractivity contribution is 5.64. The number of carbonyl (C=O) groups excluding carboxylic acids is 2. The normalized spacial score (nSPS) is 37.8. The molecule has 0 spiro atoms. The van der Waals surface area contributed by atoms with E-state index in [0.29, 0.717) is 0 Å². The first-order valence-electron chi connectivity index (χ1n) is 3.79. The quantitative estimate of drug-likeness (QED) is 0.556. The molecule has 0 N–H and O–H groups in total. The van der Waals surface area contributed by atoms with Crippen molar-refractivity contribution in [3.05, 3.63) is 0 Å². The molecule has 2 heterocycles. The Morgan fingerprint density at radius 3 is 2.54 bits per heavy atom. The van der Waals surface area contributed by atoms with E-state index >= 15 is 0 Å². The van der Waals surface area contributed by atoms with Gasteiger partial charge in [0.1, 0.15) is 13.2 Å². The van der Waals surface area contributed by atoms with Gasteiger partial charge < -0.3 is 18.9 Å². The van der Waals surface area contributed by atoms with Crippen molar-refractivity contribution < 1.29 is 28.5 Å². The lowest BCUT2D eigenvalue weighted by Crippen LogP contribution is -2.43. The highest BCUT2D eigenvalue weighted by Gasteiger charge is 2.50. The molecule has 0 bridgehead atoms. The minimum atomic E-state index is -0.913. The van der Waals surface area contributed by atoms with Crippen molar-refractivity contribution in [2.75, 3.05) is 13.2 Å². The van der Waals surface area contributed by atoms with Crippen molar-refractivity contribution in [3.63, 3.8) is 0 Å². The van der Waals surface area contributed by atoms with Gasteiger partial charge in [0, 0.05) is 0 Å². The summed E-state index contributed by atoms with van der Waals surface area (Å²) in [6.45, 7) is 1.80. The summed E-state index contributed by atoms with van der Waals surface area (Å²) < 4.78 is 18.8. The summed E-state index contributed by atoms with van der Waals surface area (Å²) in [5, 5.41) is 0. The van der Waals surface area contributed by atoms with E-state index in [1.807, 2.05) is 0 Å². The van der Waals surface area contributed by atoms with Crippen molar-refractivity contribution in [3.8, 4) is 0 Å². The van der Waals surface area contributed by atoms with Crippen LogP contribution in [0.2, 0.25) is 0 Å². The Bertz CT molecular complexity index is 262. The van der Waals surface area contributed by atoms with Crippen molar-refractivity contribution >= 4 is 12.3 Å². The minimum Gasteiger partial charge on any atom is -0.430 e. The molecule has 0 amide bonds. The number of ether oxygens (including phenoxy) is 4. The average molecular weight is 188 g/mol. The lowest BCUT2D eigenvalue weighted by Gasteiger charge is -2.22. The fourth-order valence-corrected chi connectivity index (χ4v) is 1.24. The molecular formula is C7H8O6. The van der Waals surface area contributed by atoms with Crippen molar-refractivity contribution in [2.45, 2.75) is 18.6 Å². The molecule has 2 rings (SSSR count). The first-order valence-corrected chi connectivity index (χ1v) is 3.79. The van der Waals surface area contributed by atoms with Crippen LogP contribution in [0.25, 0.3) is 0 Å².